The summed E-state index contributed by atoms with van der Waals surface area (Å²) in [4.78, 5) is 2.51. The zero-order valence-electron chi connectivity index (χ0n) is 33.6. The van der Waals surface area contributed by atoms with Gasteiger partial charge in [-0.1, -0.05) is 155 Å². The van der Waals surface area contributed by atoms with Crippen molar-refractivity contribution < 1.29 is 0 Å². The third kappa shape index (κ3) is 5.88. The summed E-state index contributed by atoms with van der Waals surface area (Å²) in [5.74, 6) is 3.21. The summed E-state index contributed by atoms with van der Waals surface area (Å²) in [5.41, 5.74) is 17.4. The Morgan fingerprint density at radius 3 is 1.98 bits per heavy atom. The summed E-state index contributed by atoms with van der Waals surface area (Å²) < 4.78 is 0. The topological polar surface area (TPSA) is 3.24 Å². The van der Waals surface area contributed by atoms with Gasteiger partial charge in [-0.25, -0.2) is 0 Å². The Morgan fingerprint density at radius 1 is 0.509 bits per heavy atom. The predicted molar refractivity (Wildman–Crippen MR) is 241 cm³/mol. The quantitative estimate of drug-likeness (QED) is 0.157. The number of fused-ring (bicyclic) bond motifs is 6. The average Bonchev–Trinajstić information content (AvgIpc) is 3.97. The molecule has 4 aliphatic rings. The molecule has 11 rings (SSSR count). The fourth-order valence-corrected chi connectivity index (χ4v) is 11.9. The molecule has 3 unspecified atom stereocenters. The van der Waals surface area contributed by atoms with Gasteiger partial charge in [0.2, 0.25) is 0 Å². The van der Waals surface area contributed by atoms with Gasteiger partial charge in [-0.2, -0.15) is 0 Å². The molecule has 0 aromatic heterocycles. The molecule has 7 aromatic rings. The van der Waals surface area contributed by atoms with Crippen LogP contribution in [0.25, 0.3) is 44.2 Å². The zero-order valence-corrected chi connectivity index (χ0v) is 33.6. The largest absolute Gasteiger partial charge is 0.310 e. The maximum Gasteiger partial charge on any atom is 0.0465 e. The van der Waals surface area contributed by atoms with Crippen molar-refractivity contribution in [1.82, 2.24) is 0 Å². The second kappa shape index (κ2) is 13.9. The van der Waals surface area contributed by atoms with E-state index in [9.17, 15) is 0 Å². The lowest BCUT2D eigenvalue weighted by Crippen LogP contribution is -2.16. The molecule has 282 valence electrons. The van der Waals surface area contributed by atoms with Gasteiger partial charge in [-0.05, 0) is 159 Å². The number of hydrogen-bond donors (Lipinski definition) is 0. The van der Waals surface area contributed by atoms with Gasteiger partial charge in [0.1, 0.15) is 0 Å². The third-order valence-corrected chi connectivity index (χ3v) is 14.8. The Morgan fingerprint density at radius 2 is 1.19 bits per heavy atom. The summed E-state index contributed by atoms with van der Waals surface area (Å²) in [6.07, 6.45) is 12.4. The highest BCUT2D eigenvalue weighted by Gasteiger charge is 2.40. The van der Waals surface area contributed by atoms with Gasteiger partial charge in [0, 0.05) is 22.5 Å². The first-order valence-corrected chi connectivity index (χ1v) is 21.9. The summed E-state index contributed by atoms with van der Waals surface area (Å²) in [7, 11) is 0. The summed E-state index contributed by atoms with van der Waals surface area (Å²) in [5, 5.41) is 2.59. The highest BCUT2D eigenvalue weighted by atomic mass is 15.1. The molecule has 1 heteroatoms. The van der Waals surface area contributed by atoms with E-state index in [4.69, 9.17) is 0 Å². The number of benzene rings is 7. The maximum absolute atomic E-state index is 2.51. The molecule has 57 heavy (non-hydrogen) atoms. The molecule has 0 amide bonds. The van der Waals surface area contributed by atoms with E-state index in [1.165, 1.54) is 141 Å². The first kappa shape index (κ1) is 34.8. The number of anilines is 3. The monoisotopic (exact) mass is 739 g/mol. The van der Waals surface area contributed by atoms with Gasteiger partial charge in [-0.15, -0.1) is 0 Å². The van der Waals surface area contributed by atoms with Crippen molar-refractivity contribution in [1.29, 1.82) is 0 Å². The molecule has 7 aromatic carbocycles. The second-order valence-electron chi connectivity index (χ2n) is 18.3. The van der Waals surface area contributed by atoms with E-state index in [0.29, 0.717) is 5.92 Å². The first-order valence-electron chi connectivity index (χ1n) is 21.9. The van der Waals surface area contributed by atoms with Crippen LogP contribution in [0.5, 0.6) is 0 Å². The van der Waals surface area contributed by atoms with Crippen LogP contribution in [0.1, 0.15) is 106 Å². The normalized spacial score (nSPS) is 20.8. The molecule has 2 bridgehead atoms. The van der Waals surface area contributed by atoms with Crippen molar-refractivity contribution in [2.45, 2.75) is 88.9 Å². The van der Waals surface area contributed by atoms with Crippen LogP contribution in [0.15, 0.2) is 152 Å². The van der Waals surface area contributed by atoms with Crippen LogP contribution in [-0.4, -0.2) is 0 Å². The van der Waals surface area contributed by atoms with E-state index in [2.05, 4.69) is 170 Å². The van der Waals surface area contributed by atoms with Gasteiger partial charge in [0.15, 0.2) is 0 Å². The van der Waals surface area contributed by atoms with Crippen LogP contribution in [0, 0.1) is 11.8 Å². The smallest absolute Gasteiger partial charge is 0.0465 e. The lowest BCUT2D eigenvalue weighted by Gasteiger charge is -2.29. The van der Waals surface area contributed by atoms with Crippen LogP contribution in [0.3, 0.4) is 0 Å². The second-order valence-corrected chi connectivity index (χ2v) is 18.3. The van der Waals surface area contributed by atoms with Crippen molar-refractivity contribution in [3.05, 3.63) is 174 Å². The van der Waals surface area contributed by atoms with Gasteiger partial charge < -0.3 is 4.90 Å². The standard InChI is InChI=1S/C56H53N/c1-56(2)53-21-11-20-50(49-19-10-15-39-14-6-7-18-48(39)49)55(53)51-33-32-45(36-54(51)56)57(44-30-26-41(27-31-44)52-35-37-22-23-42(52)34-37)43-28-24-40(25-29-43)47-17-9-8-16-46(47)38-12-4-3-5-13-38/h6-11,14-21,24-33,36-38,42,52H,3-5,12-13,22-23,34-35H2,1-2H3. The molecule has 1 nitrogen and oxygen atoms in total. The molecule has 3 fully saturated rings. The molecular formula is C56H53N. The predicted octanol–water partition coefficient (Wildman–Crippen LogP) is 15.9. The molecular weight excluding hydrogens is 687 g/mol. The SMILES string of the molecule is CC1(C)c2cc(N(c3ccc(-c4ccccc4C4CCCCC4)cc3)c3ccc(C4CC5CCC4C5)cc3)ccc2-c2c(-c3cccc4ccccc34)cccc21. The van der Waals surface area contributed by atoms with E-state index in [0.717, 1.165) is 17.8 Å². The van der Waals surface area contributed by atoms with Crippen molar-refractivity contribution in [2.75, 3.05) is 4.90 Å². The molecule has 0 N–H and O–H groups in total. The number of hydrogen-bond acceptors (Lipinski definition) is 1. The lowest BCUT2D eigenvalue weighted by atomic mass is 9.81. The fraction of sp³-hybridized carbons (Fsp3) is 0.286. The Bertz CT molecular complexity index is 2600. The van der Waals surface area contributed by atoms with Crippen molar-refractivity contribution >= 4 is 27.8 Å². The van der Waals surface area contributed by atoms with E-state index in [1.54, 1.807) is 0 Å². The highest BCUT2D eigenvalue weighted by Crippen LogP contribution is 2.55. The third-order valence-electron chi connectivity index (χ3n) is 14.8. The highest BCUT2D eigenvalue weighted by molar-refractivity contribution is 6.03. The van der Waals surface area contributed by atoms with Crippen LogP contribution in [-0.2, 0) is 5.41 Å². The minimum absolute atomic E-state index is 0.148. The van der Waals surface area contributed by atoms with E-state index < -0.39 is 0 Å². The molecule has 0 saturated heterocycles. The zero-order chi connectivity index (χ0) is 38.1. The minimum Gasteiger partial charge on any atom is -0.310 e. The Kier molecular flexibility index (Phi) is 8.50. The van der Waals surface area contributed by atoms with Crippen molar-refractivity contribution in [2.24, 2.45) is 11.8 Å². The summed E-state index contributed by atoms with van der Waals surface area (Å²) >= 11 is 0. The Balaban J connectivity index is 1.01. The molecule has 4 aliphatic carbocycles. The average molecular weight is 740 g/mol. The van der Waals surface area contributed by atoms with E-state index >= 15 is 0 Å². The van der Waals surface area contributed by atoms with Crippen LogP contribution < -0.4 is 4.90 Å². The number of rotatable bonds is 7. The van der Waals surface area contributed by atoms with E-state index in [-0.39, 0.29) is 5.41 Å². The molecule has 3 atom stereocenters. The Labute approximate surface area is 339 Å². The van der Waals surface area contributed by atoms with Crippen LogP contribution >= 0.6 is 0 Å². The minimum atomic E-state index is -0.148. The van der Waals surface area contributed by atoms with Gasteiger partial charge in [0.25, 0.3) is 0 Å². The van der Waals surface area contributed by atoms with Gasteiger partial charge in [0.05, 0.1) is 0 Å². The Hall–Kier alpha value is -5.40. The molecule has 0 heterocycles. The van der Waals surface area contributed by atoms with Crippen molar-refractivity contribution in [3.8, 4) is 33.4 Å². The molecule has 0 aliphatic heterocycles. The van der Waals surface area contributed by atoms with Crippen molar-refractivity contribution in [3.63, 3.8) is 0 Å². The maximum atomic E-state index is 2.51. The molecule has 3 saturated carbocycles. The van der Waals surface area contributed by atoms with E-state index in [1.807, 2.05) is 0 Å². The lowest BCUT2D eigenvalue weighted by molar-refractivity contribution is 0.420. The first-order chi connectivity index (χ1) is 28.0. The summed E-state index contributed by atoms with van der Waals surface area (Å²) in [6.45, 7) is 4.84. The van der Waals surface area contributed by atoms with Gasteiger partial charge >= 0.3 is 0 Å². The fourth-order valence-electron chi connectivity index (χ4n) is 11.9. The molecule has 0 spiro atoms. The van der Waals surface area contributed by atoms with Crippen LogP contribution in [0.2, 0.25) is 0 Å². The summed E-state index contributed by atoms with van der Waals surface area (Å²) in [6, 6.07) is 58.2. The molecule has 0 radical (unpaired) electrons. The van der Waals surface area contributed by atoms with Crippen LogP contribution in [0.4, 0.5) is 17.1 Å². The number of nitrogens with zero attached hydrogens (tertiary/aromatic N) is 1. The van der Waals surface area contributed by atoms with Gasteiger partial charge in [-0.3, -0.25) is 0 Å².